The standard InChI is InChI=1S/C14H9BrN4S/c1-20-14-18-6-8(5-16)12(19-14)10-7-17-13-9(10)3-2-4-11(13)15/h2-4,6-7,17H,1H3. The lowest BCUT2D eigenvalue weighted by atomic mass is 10.1. The van der Waals surface area contributed by atoms with Gasteiger partial charge in [-0.1, -0.05) is 23.9 Å². The fourth-order valence-electron chi connectivity index (χ4n) is 2.06. The first kappa shape index (κ1) is 13.2. The summed E-state index contributed by atoms with van der Waals surface area (Å²) in [6.07, 6.45) is 5.37. The molecule has 0 spiro atoms. The summed E-state index contributed by atoms with van der Waals surface area (Å²) in [5.41, 5.74) is 3.05. The molecular weight excluding hydrogens is 336 g/mol. The molecular formula is C14H9BrN4S. The summed E-state index contributed by atoms with van der Waals surface area (Å²) >= 11 is 4.97. The van der Waals surface area contributed by atoms with Crippen molar-refractivity contribution in [2.75, 3.05) is 6.26 Å². The first-order chi connectivity index (χ1) is 9.74. The van der Waals surface area contributed by atoms with E-state index < -0.39 is 0 Å². The van der Waals surface area contributed by atoms with Gasteiger partial charge in [-0.3, -0.25) is 0 Å². The lowest BCUT2D eigenvalue weighted by molar-refractivity contribution is 0.970. The molecule has 20 heavy (non-hydrogen) atoms. The maximum absolute atomic E-state index is 9.25. The number of halogens is 1. The summed E-state index contributed by atoms with van der Waals surface area (Å²) in [5, 5.41) is 10.9. The van der Waals surface area contributed by atoms with Crippen molar-refractivity contribution >= 4 is 38.6 Å². The van der Waals surface area contributed by atoms with E-state index in [-0.39, 0.29) is 0 Å². The number of nitrogens with zero attached hydrogens (tertiary/aromatic N) is 3. The Kier molecular flexibility index (Phi) is 3.47. The third-order valence-corrected chi connectivity index (χ3v) is 4.21. The molecule has 0 aliphatic rings. The van der Waals surface area contributed by atoms with E-state index in [0.29, 0.717) is 16.4 Å². The van der Waals surface area contributed by atoms with Gasteiger partial charge in [0.1, 0.15) is 6.07 Å². The van der Waals surface area contributed by atoms with E-state index in [1.807, 2.05) is 30.7 Å². The highest BCUT2D eigenvalue weighted by Gasteiger charge is 2.14. The number of aromatic nitrogens is 3. The molecule has 98 valence electrons. The molecule has 1 N–H and O–H groups in total. The molecule has 0 atom stereocenters. The van der Waals surface area contributed by atoms with Crippen LogP contribution in [0.2, 0.25) is 0 Å². The summed E-state index contributed by atoms with van der Waals surface area (Å²) in [5.74, 6) is 0. The van der Waals surface area contributed by atoms with Crippen molar-refractivity contribution in [1.29, 1.82) is 5.26 Å². The van der Waals surface area contributed by atoms with Crippen molar-refractivity contribution in [1.82, 2.24) is 15.0 Å². The van der Waals surface area contributed by atoms with Crippen molar-refractivity contribution in [3.63, 3.8) is 0 Å². The Bertz CT molecular complexity index is 835. The molecule has 0 unspecified atom stereocenters. The molecule has 3 rings (SSSR count). The third-order valence-electron chi connectivity index (χ3n) is 2.99. The molecule has 1 aromatic carbocycles. The zero-order valence-electron chi connectivity index (χ0n) is 10.5. The van der Waals surface area contributed by atoms with Gasteiger partial charge in [-0.15, -0.1) is 0 Å². The third kappa shape index (κ3) is 2.09. The molecule has 2 aromatic heterocycles. The van der Waals surface area contributed by atoms with Gasteiger partial charge < -0.3 is 4.98 Å². The normalized spacial score (nSPS) is 10.7. The van der Waals surface area contributed by atoms with Crippen LogP contribution in [-0.4, -0.2) is 21.2 Å². The Morgan fingerprint density at radius 1 is 1.40 bits per heavy atom. The zero-order chi connectivity index (χ0) is 14.1. The summed E-state index contributed by atoms with van der Waals surface area (Å²) in [6, 6.07) is 8.10. The molecule has 0 bridgehead atoms. The highest BCUT2D eigenvalue weighted by molar-refractivity contribution is 9.10. The number of H-pyrrole nitrogens is 1. The summed E-state index contributed by atoms with van der Waals surface area (Å²) in [4.78, 5) is 11.8. The van der Waals surface area contributed by atoms with Gasteiger partial charge in [0.25, 0.3) is 0 Å². The molecule has 0 fully saturated rings. The van der Waals surface area contributed by atoms with Gasteiger partial charge in [0, 0.05) is 27.8 Å². The van der Waals surface area contributed by atoms with Crippen LogP contribution in [0.4, 0.5) is 0 Å². The summed E-state index contributed by atoms with van der Waals surface area (Å²) in [7, 11) is 0. The van der Waals surface area contributed by atoms with Gasteiger partial charge in [0.05, 0.1) is 16.8 Å². The number of hydrogen-bond acceptors (Lipinski definition) is 4. The van der Waals surface area contributed by atoms with Gasteiger partial charge in [-0.2, -0.15) is 5.26 Å². The van der Waals surface area contributed by atoms with E-state index in [2.05, 4.69) is 37.0 Å². The quantitative estimate of drug-likeness (QED) is 0.564. The Labute approximate surface area is 128 Å². The Balaban J connectivity index is 2.31. The maximum atomic E-state index is 9.25. The van der Waals surface area contributed by atoms with Crippen LogP contribution in [0.5, 0.6) is 0 Å². The van der Waals surface area contributed by atoms with E-state index in [4.69, 9.17) is 0 Å². The maximum Gasteiger partial charge on any atom is 0.187 e. The van der Waals surface area contributed by atoms with E-state index in [1.54, 1.807) is 6.20 Å². The monoisotopic (exact) mass is 344 g/mol. The average Bonchev–Trinajstić information content (AvgIpc) is 2.92. The van der Waals surface area contributed by atoms with E-state index >= 15 is 0 Å². The predicted molar refractivity (Wildman–Crippen MR) is 83.5 cm³/mol. The molecule has 0 saturated carbocycles. The first-order valence-electron chi connectivity index (χ1n) is 5.81. The number of benzene rings is 1. The lowest BCUT2D eigenvalue weighted by Crippen LogP contribution is -1.93. The van der Waals surface area contributed by atoms with E-state index in [9.17, 15) is 5.26 Å². The number of rotatable bonds is 2. The second-order valence-electron chi connectivity index (χ2n) is 4.10. The number of para-hydroxylation sites is 1. The molecule has 2 heterocycles. The SMILES string of the molecule is CSc1ncc(C#N)c(-c2c[nH]c3c(Br)cccc23)n1. The molecule has 4 nitrogen and oxygen atoms in total. The van der Waals surface area contributed by atoms with Crippen LogP contribution in [-0.2, 0) is 0 Å². The van der Waals surface area contributed by atoms with Gasteiger partial charge in [-0.05, 0) is 28.3 Å². The van der Waals surface area contributed by atoms with Gasteiger partial charge in [0.15, 0.2) is 5.16 Å². The summed E-state index contributed by atoms with van der Waals surface area (Å²) in [6.45, 7) is 0. The van der Waals surface area contributed by atoms with Crippen LogP contribution >= 0.6 is 27.7 Å². The fraction of sp³-hybridized carbons (Fsp3) is 0.0714. The first-order valence-corrected chi connectivity index (χ1v) is 7.83. The van der Waals surface area contributed by atoms with Gasteiger partial charge in [0.2, 0.25) is 0 Å². The largest absolute Gasteiger partial charge is 0.360 e. The molecule has 0 aliphatic heterocycles. The van der Waals surface area contributed by atoms with Crippen LogP contribution in [0.15, 0.2) is 40.2 Å². The van der Waals surface area contributed by atoms with Crippen molar-refractivity contribution < 1.29 is 0 Å². The second-order valence-corrected chi connectivity index (χ2v) is 5.72. The lowest BCUT2D eigenvalue weighted by Gasteiger charge is -2.03. The molecule has 0 aliphatic carbocycles. The Morgan fingerprint density at radius 3 is 3.00 bits per heavy atom. The van der Waals surface area contributed by atoms with Gasteiger partial charge in [-0.25, -0.2) is 9.97 Å². The van der Waals surface area contributed by atoms with Crippen molar-refractivity contribution in [3.05, 3.63) is 40.6 Å². The number of fused-ring (bicyclic) bond motifs is 1. The molecule has 3 aromatic rings. The average molecular weight is 345 g/mol. The van der Waals surface area contributed by atoms with Crippen molar-refractivity contribution in [2.45, 2.75) is 5.16 Å². The van der Waals surface area contributed by atoms with E-state index in [1.165, 1.54) is 11.8 Å². The Morgan fingerprint density at radius 2 is 2.25 bits per heavy atom. The van der Waals surface area contributed by atoms with Crippen molar-refractivity contribution in [3.8, 4) is 17.3 Å². The second kappa shape index (κ2) is 5.27. The van der Waals surface area contributed by atoms with Crippen LogP contribution in [0.3, 0.4) is 0 Å². The smallest absolute Gasteiger partial charge is 0.187 e. The Hall–Kier alpha value is -1.84. The minimum absolute atomic E-state index is 0.476. The number of aromatic amines is 1. The van der Waals surface area contributed by atoms with Crippen LogP contribution in [0, 0.1) is 11.3 Å². The van der Waals surface area contributed by atoms with Crippen LogP contribution in [0.25, 0.3) is 22.2 Å². The fourth-order valence-corrected chi connectivity index (χ4v) is 2.89. The number of nitrogens with one attached hydrogen (secondary N) is 1. The number of thioether (sulfide) groups is 1. The van der Waals surface area contributed by atoms with Crippen LogP contribution < -0.4 is 0 Å². The molecule has 0 amide bonds. The molecule has 6 heteroatoms. The minimum Gasteiger partial charge on any atom is -0.360 e. The minimum atomic E-state index is 0.476. The number of nitriles is 1. The molecule has 0 radical (unpaired) electrons. The van der Waals surface area contributed by atoms with Gasteiger partial charge >= 0.3 is 0 Å². The highest BCUT2D eigenvalue weighted by atomic mass is 79.9. The zero-order valence-corrected chi connectivity index (χ0v) is 12.9. The van der Waals surface area contributed by atoms with Crippen molar-refractivity contribution in [2.24, 2.45) is 0 Å². The topological polar surface area (TPSA) is 65.4 Å². The highest BCUT2D eigenvalue weighted by Crippen LogP contribution is 2.33. The van der Waals surface area contributed by atoms with E-state index in [0.717, 1.165) is 20.9 Å². The molecule has 0 saturated heterocycles. The van der Waals surface area contributed by atoms with Crippen LogP contribution in [0.1, 0.15) is 5.56 Å². The summed E-state index contributed by atoms with van der Waals surface area (Å²) < 4.78 is 0.985. The number of hydrogen-bond donors (Lipinski definition) is 1. The predicted octanol–water partition coefficient (Wildman–Crippen LogP) is 3.98.